The molecule has 0 aliphatic carbocycles. The van der Waals surface area contributed by atoms with Crippen molar-refractivity contribution in [2.24, 2.45) is 0 Å². The summed E-state index contributed by atoms with van der Waals surface area (Å²) in [7, 11) is -0.550. The summed E-state index contributed by atoms with van der Waals surface area (Å²) in [4.78, 5) is 0. The Morgan fingerprint density at radius 1 is 1.50 bits per heavy atom. The standard InChI is InChI=1S/C10H13ClSi/c1-8(2)7-9-5-3-4-6-10(9)12-11/h3-6H,1,7,12H2,2H3. The van der Waals surface area contributed by atoms with Crippen LogP contribution < -0.4 is 5.19 Å². The van der Waals surface area contributed by atoms with Crippen molar-refractivity contribution in [3.8, 4) is 0 Å². The largest absolute Gasteiger partial charge is 0.170 e. The predicted octanol–water partition coefficient (Wildman–Crippen LogP) is 1.75. The molecule has 0 unspecified atom stereocenters. The minimum Gasteiger partial charge on any atom is -0.170 e. The van der Waals surface area contributed by atoms with Crippen LogP contribution >= 0.6 is 11.1 Å². The molecule has 0 atom stereocenters. The zero-order valence-corrected chi connectivity index (χ0v) is 9.48. The molecule has 0 aromatic heterocycles. The van der Waals surface area contributed by atoms with Crippen LogP contribution in [0.3, 0.4) is 0 Å². The van der Waals surface area contributed by atoms with Gasteiger partial charge in [-0.25, -0.2) is 0 Å². The highest BCUT2D eigenvalue weighted by Gasteiger charge is 1.99. The van der Waals surface area contributed by atoms with Gasteiger partial charge in [0.25, 0.3) is 0 Å². The summed E-state index contributed by atoms with van der Waals surface area (Å²) >= 11 is 5.92. The van der Waals surface area contributed by atoms with E-state index in [0.717, 1.165) is 6.42 Å². The summed E-state index contributed by atoms with van der Waals surface area (Å²) in [6.45, 7) is 5.95. The van der Waals surface area contributed by atoms with Crippen LogP contribution in [0.25, 0.3) is 0 Å². The molecule has 0 radical (unpaired) electrons. The molecule has 64 valence electrons. The Kier molecular flexibility index (Phi) is 3.57. The molecule has 1 rings (SSSR count). The first kappa shape index (κ1) is 9.55. The first-order valence-corrected chi connectivity index (χ1v) is 6.85. The molecule has 2 heteroatoms. The van der Waals surface area contributed by atoms with Gasteiger partial charge in [0.1, 0.15) is 0 Å². The molecule has 0 aliphatic rings. The topological polar surface area (TPSA) is 0 Å². The number of halogens is 1. The Balaban J connectivity index is 2.89. The van der Waals surface area contributed by atoms with Crippen molar-refractivity contribution in [3.05, 3.63) is 42.0 Å². The Bertz CT molecular complexity index is 281. The van der Waals surface area contributed by atoms with E-state index in [2.05, 4.69) is 24.8 Å². The van der Waals surface area contributed by atoms with Crippen molar-refractivity contribution in [1.82, 2.24) is 0 Å². The Labute approximate surface area is 80.8 Å². The third-order valence-corrected chi connectivity index (χ3v) is 3.60. The Hall–Kier alpha value is -0.533. The minimum absolute atomic E-state index is 0.550. The summed E-state index contributed by atoms with van der Waals surface area (Å²) in [5, 5.41) is 1.35. The van der Waals surface area contributed by atoms with Crippen LogP contribution in [0, 0.1) is 0 Å². The predicted molar refractivity (Wildman–Crippen MR) is 59.0 cm³/mol. The van der Waals surface area contributed by atoms with Crippen molar-refractivity contribution in [3.63, 3.8) is 0 Å². The van der Waals surface area contributed by atoms with Crippen molar-refractivity contribution in [2.45, 2.75) is 13.3 Å². The van der Waals surface area contributed by atoms with Crippen LogP contribution in [0.2, 0.25) is 0 Å². The molecule has 0 bridgehead atoms. The van der Waals surface area contributed by atoms with Gasteiger partial charge < -0.3 is 0 Å². The molecule has 0 aliphatic heterocycles. The number of hydrogen-bond acceptors (Lipinski definition) is 0. The lowest BCUT2D eigenvalue weighted by Gasteiger charge is -2.05. The summed E-state index contributed by atoms with van der Waals surface area (Å²) in [5.74, 6) is 0. The summed E-state index contributed by atoms with van der Waals surface area (Å²) in [6.07, 6.45) is 0.968. The zero-order valence-electron chi connectivity index (χ0n) is 7.31. The maximum absolute atomic E-state index is 5.92. The van der Waals surface area contributed by atoms with Gasteiger partial charge in [0.2, 0.25) is 0 Å². The lowest BCUT2D eigenvalue weighted by molar-refractivity contribution is 1.17. The second-order valence-electron chi connectivity index (χ2n) is 3.04. The van der Waals surface area contributed by atoms with Gasteiger partial charge in [-0.1, -0.05) is 36.4 Å². The highest BCUT2D eigenvalue weighted by molar-refractivity contribution is 7.01. The van der Waals surface area contributed by atoms with Gasteiger partial charge in [-0.15, -0.1) is 0 Å². The summed E-state index contributed by atoms with van der Waals surface area (Å²) < 4.78 is 0. The van der Waals surface area contributed by atoms with Gasteiger partial charge >= 0.3 is 0 Å². The van der Waals surface area contributed by atoms with Crippen LogP contribution in [-0.2, 0) is 6.42 Å². The zero-order chi connectivity index (χ0) is 8.97. The van der Waals surface area contributed by atoms with E-state index in [1.54, 1.807) is 0 Å². The third kappa shape index (κ3) is 2.50. The van der Waals surface area contributed by atoms with Crippen molar-refractivity contribution in [1.29, 1.82) is 0 Å². The van der Waals surface area contributed by atoms with Crippen LogP contribution in [0.4, 0.5) is 0 Å². The maximum atomic E-state index is 5.92. The number of allylic oxidation sites excluding steroid dienone is 1. The third-order valence-electron chi connectivity index (χ3n) is 1.75. The van der Waals surface area contributed by atoms with E-state index >= 15 is 0 Å². The number of benzene rings is 1. The van der Waals surface area contributed by atoms with E-state index in [-0.39, 0.29) is 0 Å². The first-order chi connectivity index (χ1) is 5.74. The van der Waals surface area contributed by atoms with Gasteiger partial charge in [-0.3, -0.25) is 0 Å². The molecule has 0 N–H and O–H groups in total. The van der Waals surface area contributed by atoms with Crippen molar-refractivity contribution >= 4 is 25.1 Å². The summed E-state index contributed by atoms with van der Waals surface area (Å²) in [5.41, 5.74) is 2.55. The first-order valence-electron chi connectivity index (χ1n) is 4.01. The quantitative estimate of drug-likeness (QED) is 0.393. The number of rotatable bonds is 3. The lowest BCUT2D eigenvalue weighted by Crippen LogP contribution is -2.14. The van der Waals surface area contributed by atoms with Crippen LogP contribution in [0.15, 0.2) is 36.4 Å². The fourth-order valence-corrected chi connectivity index (χ4v) is 2.61. The maximum Gasteiger partial charge on any atom is 0.156 e. The lowest BCUT2D eigenvalue weighted by atomic mass is 10.1. The molecule has 0 heterocycles. The van der Waals surface area contributed by atoms with Gasteiger partial charge in [0.15, 0.2) is 8.83 Å². The summed E-state index contributed by atoms with van der Waals surface area (Å²) in [6, 6.07) is 8.37. The Morgan fingerprint density at radius 3 is 2.75 bits per heavy atom. The molecule has 0 spiro atoms. The van der Waals surface area contributed by atoms with E-state index in [1.807, 2.05) is 13.0 Å². The molecule has 0 amide bonds. The second-order valence-corrected chi connectivity index (χ2v) is 4.87. The van der Waals surface area contributed by atoms with Crippen molar-refractivity contribution < 1.29 is 0 Å². The van der Waals surface area contributed by atoms with E-state index in [1.165, 1.54) is 16.3 Å². The molecule has 1 aromatic carbocycles. The molecule has 12 heavy (non-hydrogen) atoms. The molecule has 0 fully saturated rings. The van der Waals surface area contributed by atoms with Gasteiger partial charge in [-0.05, 0) is 24.1 Å². The van der Waals surface area contributed by atoms with Gasteiger partial charge in [0.05, 0.1) is 0 Å². The van der Waals surface area contributed by atoms with E-state index in [4.69, 9.17) is 11.1 Å². The molecule has 1 aromatic rings. The average Bonchev–Trinajstić information content (AvgIpc) is 2.04. The number of hydrogen-bond donors (Lipinski definition) is 0. The second kappa shape index (κ2) is 4.48. The molecule has 0 nitrogen and oxygen atoms in total. The highest BCUT2D eigenvalue weighted by Crippen LogP contribution is 2.03. The fraction of sp³-hybridized carbons (Fsp3) is 0.200. The fourth-order valence-electron chi connectivity index (χ4n) is 1.19. The molecular weight excluding hydrogens is 184 g/mol. The van der Waals surface area contributed by atoms with Gasteiger partial charge in [-0.2, -0.15) is 11.1 Å². The van der Waals surface area contributed by atoms with Crippen LogP contribution in [-0.4, -0.2) is 8.83 Å². The van der Waals surface area contributed by atoms with Crippen LogP contribution in [0.5, 0.6) is 0 Å². The van der Waals surface area contributed by atoms with E-state index in [0.29, 0.717) is 0 Å². The van der Waals surface area contributed by atoms with Crippen LogP contribution in [0.1, 0.15) is 12.5 Å². The minimum atomic E-state index is -0.550. The van der Waals surface area contributed by atoms with E-state index in [9.17, 15) is 0 Å². The average molecular weight is 197 g/mol. The monoisotopic (exact) mass is 196 g/mol. The SMILES string of the molecule is C=C(C)Cc1ccccc1[SiH2]Cl. The van der Waals surface area contributed by atoms with Crippen molar-refractivity contribution in [2.75, 3.05) is 0 Å². The smallest absolute Gasteiger partial charge is 0.156 e. The van der Waals surface area contributed by atoms with Gasteiger partial charge in [0, 0.05) is 0 Å². The molecular formula is C10H13ClSi. The Morgan fingerprint density at radius 2 is 2.17 bits per heavy atom. The molecule has 0 saturated carbocycles. The highest BCUT2D eigenvalue weighted by atomic mass is 35.6. The molecule has 0 saturated heterocycles. The van der Waals surface area contributed by atoms with E-state index < -0.39 is 8.83 Å². The normalized spacial score (nSPS) is 10.8.